The summed E-state index contributed by atoms with van der Waals surface area (Å²) in [5.74, 6) is -0.221. The number of benzene rings is 1. The van der Waals surface area contributed by atoms with Crippen LogP contribution in [-0.2, 0) is 9.84 Å². The Balaban J connectivity index is 2.10. The minimum atomic E-state index is -2.93. The van der Waals surface area contributed by atoms with Crippen LogP contribution in [0.5, 0.6) is 0 Å². The summed E-state index contributed by atoms with van der Waals surface area (Å²) in [6.45, 7) is 5.82. The normalized spacial score (nSPS) is 22.4. The smallest absolute Gasteiger partial charge is 0.147 e. The lowest BCUT2D eigenvalue weighted by atomic mass is 9.99. The van der Waals surface area contributed by atoms with Crippen molar-refractivity contribution < 1.29 is 12.8 Å². The van der Waals surface area contributed by atoms with Crippen molar-refractivity contribution in [3.63, 3.8) is 0 Å². The maximum Gasteiger partial charge on any atom is 0.147 e. The molecule has 0 radical (unpaired) electrons. The summed E-state index contributed by atoms with van der Waals surface area (Å²) in [4.78, 5) is 2.34. The summed E-state index contributed by atoms with van der Waals surface area (Å²) < 4.78 is 36.4. The molecule has 1 fully saturated rings. The van der Waals surface area contributed by atoms with Crippen molar-refractivity contribution in [1.29, 1.82) is 0 Å². The molecular formula is C17H26ClFN2O2S. The van der Waals surface area contributed by atoms with Gasteiger partial charge in [-0.25, -0.2) is 12.8 Å². The van der Waals surface area contributed by atoms with E-state index < -0.39 is 15.7 Å². The van der Waals surface area contributed by atoms with Crippen molar-refractivity contribution in [2.45, 2.75) is 44.8 Å². The molecule has 0 spiro atoms. The molecule has 2 rings (SSSR count). The summed E-state index contributed by atoms with van der Waals surface area (Å²) in [5.41, 5.74) is 0.906. The number of likely N-dealkylation sites (tertiary alicyclic amines) is 1. The number of hydrogen-bond acceptors (Lipinski definition) is 4. The molecule has 24 heavy (non-hydrogen) atoms. The van der Waals surface area contributed by atoms with Gasteiger partial charge >= 0.3 is 0 Å². The monoisotopic (exact) mass is 376 g/mol. The Labute approximate surface area is 149 Å². The summed E-state index contributed by atoms with van der Waals surface area (Å²) in [7, 11) is -2.93. The minimum Gasteiger partial charge on any atom is -0.312 e. The molecule has 0 aliphatic carbocycles. The van der Waals surface area contributed by atoms with Crippen LogP contribution in [0.2, 0.25) is 5.02 Å². The fourth-order valence-electron chi connectivity index (χ4n) is 3.35. The van der Waals surface area contributed by atoms with Crippen molar-refractivity contribution in [2.75, 3.05) is 25.1 Å². The maximum absolute atomic E-state index is 13.9. The Hall–Kier alpha value is -0.690. The molecule has 0 bridgehead atoms. The van der Waals surface area contributed by atoms with Crippen LogP contribution in [0.1, 0.15) is 38.3 Å². The third-order valence-corrected chi connectivity index (χ3v) is 5.82. The Bertz CT molecular complexity index is 667. The van der Waals surface area contributed by atoms with Gasteiger partial charge in [0.15, 0.2) is 0 Å². The van der Waals surface area contributed by atoms with Crippen LogP contribution in [0.3, 0.4) is 0 Å². The Morgan fingerprint density at radius 1 is 1.42 bits per heavy atom. The molecule has 0 saturated carbocycles. The van der Waals surface area contributed by atoms with E-state index in [0.29, 0.717) is 19.0 Å². The van der Waals surface area contributed by atoms with Crippen LogP contribution < -0.4 is 5.32 Å². The average molecular weight is 377 g/mol. The van der Waals surface area contributed by atoms with E-state index in [1.165, 1.54) is 12.3 Å². The largest absolute Gasteiger partial charge is 0.312 e. The highest BCUT2D eigenvalue weighted by Crippen LogP contribution is 2.35. The van der Waals surface area contributed by atoms with Crippen LogP contribution in [0.4, 0.5) is 4.39 Å². The molecule has 4 nitrogen and oxygen atoms in total. The first kappa shape index (κ1) is 19.6. The number of halogens is 2. The standard InChI is InChI=1S/C17H26ClFN2O2S/c1-12(2)21-9-7-16(20-8-4-10-24(3,22)23)17(21)13-5-6-14(18)15(19)11-13/h5-6,11-12,16-17,20H,4,7-10H2,1-3H3/t16-,17-/m1/s1. The van der Waals surface area contributed by atoms with Gasteiger partial charge in [-0.15, -0.1) is 0 Å². The van der Waals surface area contributed by atoms with Gasteiger partial charge in [0.25, 0.3) is 0 Å². The molecule has 1 N–H and O–H groups in total. The molecule has 0 amide bonds. The minimum absolute atomic E-state index is 0.0648. The van der Waals surface area contributed by atoms with Crippen molar-refractivity contribution in [3.8, 4) is 0 Å². The van der Waals surface area contributed by atoms with E-state index in [9.17, 15) is 12.8 Å². The maximum atomic E-state index is 13.9. The highest BCUT2D eigenvalue weighted by molar-refractivity contribution is 7.90. The average Bonchev–Trinajstić information content (AvgIpc) is 2.89. The van der Waals surface area contributed by atoms with Crippen LogP contribution in [0.25, 0.3) is 0 Å². The van der Waals surface area contributed by atoms with Gasteiger partial charge in [-0.1, -0.05) is 17.7 Å². The third kappa shape index (κ3) is 5.15. The van der Waals surface area contributed by atoms with Crippen molar-refractivity contribution in [1.82, 2.24) is 10.2 Å². The van der Waals surface area contributed by atoms with E-state index in [0.717, 1.165) is 18.5 Å². The van der Waals surface area contributed by atoms with Gasteiger partial charge in [0.1, 0.15) is 15.7 Å². The van der Waals surface area contributed by atoms with Crippen molar-refractivity contribution >= 4 is 21.4 Å². The quantitative estimate of drug-likeness (QED) is 0.743. The molecule has 0 unspecified atom stereocenters. The number of rotatable bonds is 7. The van der Waals surface area contributed by atoms with Gasteiger partial charge in [0.05, 0.1) is 16.8 Å². The molecule has 1 aromatic carbocycles. The molecule has 136 valence electrons. The SMILES string of the molecule is CC(C)N1CC[C@@H](NCCCS(C)(=O)=O)[C@H]1c1ccc(Cl)c(F)c1. The Morgan fingerprint density at radius 3 is 2.71 bits per heavy atom. The predicted octanol–water partition coefficient (Wildman–Crippen LogP) is 3.03. The molecule has 1 heterocycles. The van der Waals surface area contributed by atoms with Gasteiger partial charge in [-0.05, 0) is 50.9 Å². The summed E-state index contributed by atoms with van der Waals surface area (Å²) in [5, 5.41) is 3.59. The summed E-state index contributed by atoms with van der Waals surface area (Å²) in [6, 6.07) is 5.57. The van der Waals surface area contributed by atoms with Gasteiger partial charge in [0.2, 0.25) is 0 Å². The first-order valence-electron chi connectivity index (χ1n) is 8.31. The van der Waals surface area contributed by atoms with Gasteiger partial charge < -0.3 is 5.32 Å². The van der Waals surface area contributed by atoms with E-state index in [-0.39, 0.29) is 22.9 Å². The zero-order valence-electron chi connectivity index (χ0n) is 14.4. The molecule has 1 aliphatic rings. The van der Waals surface area contributed by atoms with Crippen LogP contribution in [-0.4, -0.2) is 50.5 Å². The Kier molecular flexibility index (Phi) is 6.65. The summed E-state index contributed by atoms with van der Waals surface area (Å²) >= 11 is 5.81. The van der Waals surface area contributed by atoms with Gasteiger partial charge in [0, 0.05) is 24.9 Å². The van der Waals surface area contributed by atoms with E-state index in [1.807, 2.05) is 6.07 Å². The first-order chi connectivity index (χ1) is 11.2. The topological polar surface area (TPSA) is 49.4 Å². The van der Waals surface area contributed by atoms with E-state index in [1.54, 1.807) is 6.07 Å². The lowest BCUT2D eigenvalue weighted by Gasteiger charge is -2.32. The van der Waals surface area contributed by atoms with Gasteiger partial charge in [-0.3, -0.25) is 4.90 Å². The lowest BCUT2D eigenvalue weighted by Crippen LogP contribution is -2.39. The second-order valence-corrected chi connectivity index (χ2v) is 9.45. The number of nitrogens with zero attached hydrogens (tertiary/aromatic N) is 1. The zero-order chi connectivity index (χ0) is 17.9. The van der Waals surface area contributed by atoms with E-state index >= 15 is 0 Å². The van der Waals surface area contributed by atoms with E-state index in [2.05, 4.69) is 24.1 Å². The second kappa shape index (κ2) is 8.13. The van der Waals surface area contributed by atoms with Crippen molar-refractivity contribution in [3.05, 3.63) is 34.6 Å². The molecule has 1 aromatic rings. The lowest BCUT2D eigenvalue weighted by molar-refractivity contribution is 0.190. The number of hydrogen-bond donors (Lipinski definition) is 1. The van der Waals surface area contributed by atoms with E-state index in [4.69, 9.17) is 11.6 Å². The van der Waals surface area contributed by atoms with Crippen LogP contribution in [0.15, 0.2) is 18.2 Å². The highest BCUT2D eigenvalue weighted by atomic mass is 35.5. The molecule has 1 saturated heterocycles. The fourth-order valence-corrected chi connectivity index (χ4v) is 4.14. The summed E-state index contributed by atoms with van der Waals surface area (Å²) in [6.07, 6.45) is 2.78. The van der Waals surface area contributed by atoms with Crippen molar-refractivity contribution in [2.24, 2.45) is 0 Å². The molecule has 7 heteroatoms. The number of nitrogens with one attached hydrogen (secondary N) is 1. The Morgan fingerprint density at radius 2 is 2.12 bits per heavy atom. The second-order valence-electron chi connectivity index (χ2n) is 6.78. The fraction of sp³-hybridized carbons (Fsp3) is 0.647. The third-order valence-electron chi connectivity index (χ3n) is 4.48. The molecule has 1 aliphatic heterocycles. The predicted molar refractivity (Wildman–Crippen MR) is 96.7 cm³/mol. The number of sulfone groups is 1. The molecule has 0 aromatic heterocycles. The van der Waals surface area contributed by atoms with Gasteiger partial charge in [-0.2, -0.15) is 0 Å². The molecule has 2 atom stereocenters. The first-order valence-corrected chi connectivity index (χ1v) is 10.7. The molecular weight excluding hydrogens is 351 g/mol. The van der Waals surface area contributed by atoms with Crippen LogP contribution in [0, 0.1) is 5.82 Å². The zero-order valence-corrected chi connectivity index (χ0v) is 16.0. The van der Waals surface area contributed by atoms with Crippen LogP contribution >= 0.6 is 11.6 Å². The highest BCUT2D eigenvalue weighted by Gasteiger charge is 2.36.